The molecule has 0 unspecified atom stereocenters. The molecule has 1 fully saturated rings. The number of halogens is 1. The van der Waals surface area contributed by atoms with Crippen LogP contribution in [0, 0.1) is 11.7 Å². The van der Waals surface area contributed by atoms with Gasteiger partial charge in [-0.25, -0.2) is 9.11 Å². The van der Waals surface area contributed by atoms with Gasteiger partial charge in [-0.05, 0) is 43.7 Å². The van der Waals surface area contributed by atoms with Gasteiger partial charge in [0.15, 0.2) is 5.58 Å². The molecule has 1 aliphatic rings. The van der Waals surface area contributed by atoms with Gasteiger partial charge in [0.25, 0.3) is 16.2 Å². The van der Waals surface area contributed by atoms with E-state index in [-0.39, 0.29) is 11.9 Å². The molecule has 0 amide bonds. The molecule has 1 heterocycles. The van der Waals surface area contributed by atoms with E-state index in [1.807, 2.05) is 0 Å². The van der Waals surface area contributed by atoms with Crippen molar-refractivity contribution >= 4 is 27.3 Å². The highest BCUT2D eigenvalue weighted by molar-refractivity contribution is 7.87. The van der Waals surface area contributed by atoms with E-state index in [1.54, 1.807) is 13.1 Å². The van der Waals surface area contributed by atoms with Crippen molar-refractivity contribution < 1.29 is 17.2 Å². The van der Waals surface area contributed by atoms with Crippen LogP contribution in [0.2, 0.25) is 0 Å². The van der Waals surface area contributed by atoms with E-state index in [9.17, 15) is 12.8 Å². The second kappa shape index (κ2) is 7.27. The molecule has 25 heavy (non-hydrogen) atoms. The number of rotatable bonds is 6. The molecule has 3 rings (SSSR count). The third kappa shape index (κ3) is 4.28. The quantitative estimate of drug-likeness (QED) is 0.815. The van der Waals surface area contributed by atoms with Crippen LogP contribution in [0.3, 0.4) is 0 Å². The van der Waals surface area contributed by atoms with E-state index in [0.717, 1.165) is 25.7 Å². The van der Waals surface area contributed by atoms with Crippen LogP contribution < -0.4 is 10.0 Å². The average molecular weight is 370 g/mol. The van der Waals surface area contributed by atoms with Gasteiger partial charge in [0.2, 0.25) is 0 Å². The second-order valence-corrected chi connectivity index (χ2v) is 8.46. The molecule has 1 aromatic heterocycles. The molecule has 0 spiro atoms. The standard InChI is InChI=1S/C16H23FN4O3S/c1-18-25(22,23)21(2)10-11-3-6-13(7-4-11)19-16-20-14-8-5-12(17)9-15(14)24-16/h5,8-9,11,13,18H,3-4,6-7,10H2,1-2H3,(H,19,20). The number of nitrogens with zero attached hydrogens (tertiary/aromatic N) is 2. The van der Waals surface area contributed by atoms with Crippen LogP contribution in [0.5, 0.6) is 0 Å². The van der Waals surface area contributed by atoms with Crippen molar-refractivity contribution in [3.05, 3.63) is 24.0 Å². The van der Waals surface area contributed by atoms with Crippen molar-refractivity contribution in [1.82, 2.24) is 14.0 Å². The summed E-state index contributed by atoms with van der Waals surface area (Å²) in [6.07, 6.45) is 3.67. The number of nitrogens with one attached hydrogen (secondary N) is 2. The summed E-state index contributed by atoms with van der Waals surface area (Å²) in [6, 6.07) is 4.89. The molecule has 1 saturated carbocycles. The summed E-state index contributed by atoms with van der Waals surface area (Å²) in [5, 5.41) is 3.26. The molecule has 2 aromatic rings. The van der Waals surface area contributed by atoms with Crippen LogP contribution in [0.1, 0.15) is 25.7 Å². The molecule has 1 aliphatic carbocycles. The molecular weight excluding hydrogens is 347 g/mol. The zero-order valence-corrected chi connectivity index (χ0v) is 15.1. The first-order chi connectivity index (χ1) is 11.9. The van der Waals surface area contributed by atoms with E-state index in [0.29, 0.717) is 29.6 Å². The zero-order valence-electron chi connectivity index (χ0n) is 14.3. The Morgan fingerprint density at radius 2 is 2.04 bits per heavy atom. The molecule has 9 heteroatoms. The van der Waals surface area contributed by atoms with Crippen molar-refractivity contribution in [2.45, 2.75) is 31.7 Å². The van der Waals surface area contributed by atoms with E-state index in [2.05, 4.69) is 15.0 Å². The van der Waals surface area contributed by atoms with Crippen molar-refractivity contribution in [1.29, 1.82) is 0 Å². The highest BCUT2D eigenvalue weighted by Gasteiger charge is 2.26. The first-order valence-corrected chi connectivity index (χ1v) is 9.79. The minimum atomic E-state index is -3.37. The maximum Gasteiger partial charge on any atom is 0.295 e. The number of hydrogen-bond donors (Lipinski definition) is 2. The van der Waals surface area contributed by atoms with Gasteiger partial charge < -0.3 is 9.73 Å². The molecule has 2 N–H and O–H groups in total. The summed E-state index contributed by atoms with van der Waals surface area (Å²) < 4.78 is 45.9. The van der Waals surface area contributed by atoms with Crippen LogP contribution in [-0.2, 0) is 10.2 Å². The number of benzene rings is 1. The third-order valence-corrected chi connectivity index (χ3v) is 6.19. The Kier molecular flexibility index (Phi) is 5.26. The van der Waals surface area contributed by atoms with Crippen molar-refractivity contribution in [2.24, 2.45) is 5.92 Å². The molecular formula is C16H23FN4O3S. The summed E-state index contributed by atoms with van der Waals surface area (Å²) in [4.78, 5) is 4.32. The SMILES string of the molecule is CNS(=O)(=O)N(C)CC1CCC(Nc2nc3ccc(F)cc3o2)CC1. The van der Waals surface area contributed by atoms with Gasteiger partial charge in [-0.3, -0.25) is 0 Å². The lowest BCUT2D eigenvalue weighted by atomic mass is 9.86. The number of fused-ring (bicyclic) bond motifs is 1. The maximum atomic E-state index is 13.2. The largest absolute Gasteiger partial charge is 0.423 e. The van der Waals surface area contributed by atoms with Gasteiger partial charge in [0.1, 0.15) is 11.3 Å². The molecule has 0 radical (unpaired) electrons. The van der Waals surface area contributed by atoms with Crippen molar-refractivity contribution in [3.63, 3.8) is 0 Å². The fourth-order valence-electron chi connectivity index (χ4n) is 3.24. The van der Waals surface area contributed by atoms with Crippen molar-refractivity contribution in [2.75, 3.05) is 26.0 Å². The lowest BCUT2D eigenvalue weighted by molar-refractivity contribution is 0.285. The lowest BCUT2D eigenvalue weighted by Crippen LogP contribution is -2.40. The molecule has 0 aliphatic heterocycles. The Hall–Kier alpha value is -1.71. The topological polar surface area (TPSA) is 87.5 Å². The van der Waals surface area contributed by atoms with E-state index in [1.165, 1.54) is 23.5 Å². The highest BCUT2D eigenvalue weighted by atomic mass is 32.2. The van der Waals surface area contributed by atoms with Gasteiger partial charge in [-0.15, -0.1) is 0 Å². The summed E-state index contributed by atoms with van der Waals surface area (Å²) in [5.74, 6) is -0.0137. The summed E-state index contributed by atoms with van der Waals surface area (Å²) in [6.45, 7) is 0.512. The van der Waals surface area contributed by atoms with E-state index >= 15 is 0 Å². The Morgan fingerprint density at radius 3 is 2.72 bits per heavy atom. The van der Waals surface area contributed by atoms with E-state index < -0.39 is 10.2 Å². The average Bonchev–Trinajstić information content (AvgIpc) is 2.97. The Morgan fingerprint density at radius 1 is 1.32 bits per heavy atom. The summed E-state index contributed by atoms with van der Waals surface area (Å²) >= 11 is 0. The summed E-state index contributed by atoms with van der Waals surface area (Å²) in [7, 11) is -0.360. The van der Waals surface area contributed by atoms with E-state index in [4.69, 9.17) is 4.42 Å². The minimum absolute atomic E-state index is 0.223. The maximum absolute atomic E-state index is 13.2. The van der Waals surface area contributed by atoms with Gasteiger partial charge in [0.05, 0.1) is 0 Å². The fraction of sp³-hybridized carbons (Fsp3) is 0.562. The van der Waals surface area contributed by atoms with Crippen LogP contribution in [0.25, 0.3) is 11.1 Å². The third-order valence-electron chi connectivity index (χ3n) is 4.71. The van der Waals surface area contributed by atoms with Crippen LogP contribution >= 0.6 is 0 Å². The molecule has 138 valence electrons. The molecule has 0 saturated heterocycles. The first-order valence-electron chi connectivity index (χ1n) is 8.35. The number of hydrogen-bond acceptors (Lipinski definition) is 5. The fourth-order valence-corrected chi connectivity index (χ4v) is 3.96. The normalized spacial score (nSPS) is 21.8. The predicted molar refractivity (Wildman–Crippen MR) is 93.9 cm³/mol. The van der Waals surface area contributed by atoms with Crippen LogP contribution in [0.4, 0.5) is 10.4 Å². The van der Waals surface area contributed by atoms with Gasteiger partial charge >= 0.3 is 0 Å². The van der Waals surface area contributed by atoms with Crippen LogP contribution in [0.15, 0.2) is 22.6 Å². The van der Waals surface area contributed by atoms with Crippen LogP contribution in [-0.4, -0.2) is 44.4 Å². The Balaban J connectivity index is 1.53. The Labute approximate surface area is 146 Å². The molecule has 1 aromatic carbocycles. The Bertz CT molecular complexity index is 831. The summed E-state index contributed by atoms with van der Waals surface area (Å²) in [5.41, 5.74) is 1.05. The molecule has 0 atom stereocenters. The number of aromatic nitrogens is 1. The highest BCUT2D eigenvalue weighted by Crippen LogP contribution is 2.28. The number of oxazole rings is 1. The smallest absolute Gasteiger partial charge is 0.295 e. The zero-order chi connectivity index (χ0) is 18.0. The molecule has 7 nitrogen and oxygen atoms in total. The predicted octanol–water partition coefficient (Wildman–Crippen LogP) is 2.33. The van der Waals surface area contributed by atoms with Gasteiger partial charge in [-0.2, -0.15) is 17.7 Å². The van der Waals surface area contributed by atoms with Gasteiger partial charge in [0, 0.05) is 32.7 Å². The monoisotopic (exact) mass is 370 g/mol. The number of anilines is 1. The van der Waals surface area contributed by atoms with Crippen molar-refractivity contribution in [3.8, 4) is 0 Å². The van der Waals surface area contributed by atoms with Gasteiger partial charge in [-0.1, -0.05) is 0 Å². The lowest BCUT2D eigenvalue weighted by Gasteiger charge is -2.30. The first kappa shape index (κ1) is 18.1. The minimum Gasteiger partial charge on any atom is -0.423 e. The second-order valence-electron chi connectivity index (χ2n) is 6.48. The molecule has 0 bridgehead atoms.